The Kier molecular flexibility index (Phi) is 4.60. The van der Waals surface area contributed by atoms with E-state index in [2.05, 4.69) is 40.6 Å². The minimum absolute atomic E-state index is 0.465. The molecular formula is C18H22ClN3OS. The van der Waals surface area contributed by atoms with Gasteiger partial charge in [-0.25, -0.2) is 4.98 Å². The van der Waals surface area contributed by atoms with Crippen molar-refractivity contribution in [1.29, 1.82) is 0 Å². The normalized spacial score (nSPS) is 18.9. The molecule has 4 nitrogen and oxygen atoms in total. The van der Waals surface area contributed by atoms with Gasteiger partial charge >= 0.3 is 0 Å². The highest BCUT2D eigenvalue weighted by Gasteiger charge is 2.30. The van der Waals surface area contributed by atoms with E-state index in [0.717, 1.165) is 26.3 Å². The fourth-order valence-corrected chi connectivity index (χ4v) is 4.25. The molecule has 1 N–H and O–H groups in total. The summed E-state index contributed by atoms with van der Waals surface area (Å²) in [6.45, 7) is 8.24. The zero-order chi connectivity index (χ0) is 16.7. The fourth-order valence-electron chi connectivity index (χ4n) is 3.22. The maximum atomic E-state index is 6.14. The summed E-state index contributed by atoms with van der Waals surface area (Å²) >= 11 is 7.97. The first-order valence-electron chi connectivity index (χ1n) is 8.44. The third-order valence-electron chi connectivity index (χ3n) is 4.73. The molecule has 2 aliphatic heterocycles. The minimum Gasteiger partial charge on any atom is -0.379 e. The number of aromatic nitrogens is 1. The molecule has 0 spiro atoms. The molecule has 0 amide bonds. The lowest BCUT2D eigenvalue weighted by atomic mass is 9.95. The van der Waals surface area contributed by atoms with E-state index >= 15 is 0 Å². The molecule has 0 radical (unpaired) electrons. The Morgan fingerprint density at radius 3 is 2.75 bits per heavy atom. The van der Waals surface area contributed by atoms with Crippen LogP contribution in [0.15, 0.2) is 24.4 Å². The van der Waals surface area contributed by atoms with Crippen LogP contribution in [0.4, 0.5) is 5.69 Å². The number of pyridine rings is 1. The summed E-state index contributed by atoms with van der Waals surface area (Å²) in [6, 6.07) is 7.00. The van der Waals surface area contributed by atoms with Gasteiger partial charge in [-0.3, -0.25) is 4.72 Å². The van der Waals surface area contributed by atoms with Crippen molar-refractivity contribution in [3.8, 4) is 0 Å². The second-order valence-electron chi connectivity index (χ2n) is 6.88. The van der Waals surface area contributed by atoms with E-state index < -0.39 is 0 Å². The topological polar surface area (TPSA) is 37.4 Å². The van der Waals surface area contributed by atoms with Gasteiger partial charge in [0.2, 0.25) is 0 Å². The Bertz CT molecular complexity index is 744. The van der Waals surface area contributed by atoms with Gasteiger partial charge in [0.15, 0.2) is 0 Å². The number of ether oxygens (including phenoxy) is 1. The molecule has 2 saturated heterocycles. The molecule has 2 fully saturated rings. The van der Waals surface area contributed by atoms with Gasteiger partial charge in [-0.05, 0) is 29.0 Å². The fraction of sp³-hybridized carbons (Fsp3) is 0.500. The third kappa shape index (κ3) is 3.10. The van der Waals surface area contributed by atoms with Crippen molar-refractivity contribution in [3.63, 3.8) is 0 Å². The summed E-state index contributed by atoms with van der Waals surface area (Å²) in [4.78, 5) is 6.73. The smallest absolute Gasteiger partial charge is 0.129 e. The van der Waals surface area contributed by atoms with Crippen LogP contribution in [0.25, 0.3) is 10.8 Å². The average molecular weight is 364 g/mol. The number of nitrogens with one attached hydrogen (secondary N) is 1. The molecule has 3 heterocycles. The monoisotopic (exact) mass is 363 g/mol. The number of hydrogen-bond acceptors (Lipinski definition) is 5. The van der Waals surface area contributed by atoms with Crippen molar-refractivity contribution in [2.24, 2.45) is 0 Å². The van der Waals surface area contributed by atoms with Crippen molar-refractivity contribution >= 4 is 40.0 Å². The Morgan fingerprint density at radius 1 is 1.29 bits per heavy atom. The van der Waals surface area contributed by atoms with E-state index in [4.69, 9.17) is 16.3 Å². The van der Waals surface area contributed by atoms with Gasteiger partial charge < -0.3 is 9.64 Å². The zero-order valence-corrected chi connectivity index (χ0v) is 15.5. The maximum absolute atomic E-state index is 6.14. The van der Waals surface area contributed by atoms with Crippen LogP contribution in [0.5, 0.6) is 0 Å². The summed E-state index contributed by atoms with van der Waals surface area (Å²) in [7, 11) is 0. The van der Waals surface area contributed by atoms with Crippen LogP contribution in [0.1, 0.15) is 25.3 Å². The van der Waals surface area contributed by atoms with E-state index in [0.29, 0.717) is 22.4 Å². The Balaban J connectivity index is 1.51. The second-order valence-corrected chi connectivity index (χ2v) is 8.40. The minimum atomic E-state index is 0.465. The van der Waals surface area contributed by atoms with Crippen molar-refractivity contribution in [2.45, 2.75) is 31.1 Å². The lowest BCUT2D eigenvalue weighted by Gasteiger charge is -2.42. The largest absolute Gasteiger partial charge is 0.379 e. The maximum Gasteiger partial charge on any atom is 0.129 e. The SMILES string of the molecule is CC(C)c1ccc(N2CC(NSC3COC3)C2)c2cnc(Cl)cc12. The number of anilines is 1. The summed E-state index contributed by atoms with van der Waals surface area (Å²) in [5, 5.41) is 3.60. The molecule has 0 bridgehead atoms. The molecule has 0 saturated carbocycles. The Labute approximate surface area is 152 Å². The van der Waals surface area contributed by atoms with Crippen LogP contribution in [0.3, 0.4) is 0 Å². The highest BCUT2D eigenvalue weighted by molar-refractivity contribution is 7.98. The lowest BCUT2D eigenvalue weighted by Crippen LogP contribution is -2.57. The molecule has 0 aliphatic carbocycles. The van der Waals surface area contributed by atoms with Gasteiger partial charge in [0.25, 0.3) is 0 Å². The van der Waals surface area contributed by atoms with Crippen LogP contribution < -0.4 is 9.62 Å². The van der Waals surface area contributed by atoms with Gasteiger partial charge in [-0.1, -0.05) is 43.5 Å². The summed E-state index contributed by atoms with van der Waals surface area (Å²) in [6.07, 6.45) is 1.92. The molecule has 2 aliphatic rings. The van der Waals surface area contributed by atoms with E-state index in [9.17, 15) is 0 Å². The number of benzene rings is 1. The predicted molar refractivity (Wildman–Crippen MR) is 102 cm³/mol. The summed E-state index contributed by atoms with van der Waals surface area (Å²) < 4.78 is 8.77. The highest BCUT2D eigenvalue weighted by Crippen LogP contribution is 2.35. The van der Waals surface area contributed by atoms with Crippen LogP contribution in [-0.2, 0) is 4.74 Å². The molecule has 2 aromatic rings. The van der Waals surface area contributed by atoms with Gasteiger partial charge in [-0.15, -0.1) is 0 Å². The first-order chi connectivity index (χ1) is 11.6. The van der Waals surface area contributed by atoms with E-state index in [1.807, 2.05) is 24.2 Å². The van der Waals surface area contributed by atoms with Crippen LogP contribution in [0.2, 0.25) is 5.15 Å². The van der Waals surface area contributed by atoms with Crippen LogP contribution in [-0.4, -0.2) is 42.6 Å². The number of fused-ring (bicyclic) bond motifs is 1. The molecule has 24 heavy (non-hydrogen) atoms. The molecule has 6 heteroatoms. The average Bonchev–Trinajstić information content (AvgIpc) is 2.46. The Morgan fingerprint density at radius 2 is 2.08 bits per heavy atom. The molecule has 0 unspecified atom stereocenters. The van der Waals surface area contributed by atoms with Crippen LogP contribution >= 0.6 is 23.5 Å². The van der Waals surface area contributed by atoms with Crippen molar-refractivity contribution in [2.75, 3.05) is 31.2 Å². The number of rotatable bonds is 5. The molecule has 1 aromatic carbocycles. The lowest BCUT2D eigenvalue weighted by molar-refractivity contribution is 0.0451. The van der Waals surface area contributed by atoms with Crippen LogP contribution in [0, 0.1) is 0 Å². The number of nitrogens with zero attached hydrogens (tertiary/aromatic N) is 2. The van der Waals surface area contributed by atoms with Gasteiger partial charge in [0, 0.05) is 30.4 Å². The highest BCUT2D eigenvalue weighted by atomic mass is 35.5. The number of halogens is 1. The third-order valence-corrected chi connectivity index (χ3v) is 6.01. The Hall–Kier alpha value is -1.01. The first kappa shape index (κ1) is 16.5. The first-order valence-corrected chi connectivity index (χ1v) is 9.69. The molecule has 1 aromatic heterocycles. The summed E-state index contributed by atoms with van der Waals surface area (Å²) in [5.74, 6) is 0.465. The van der Waals surface area contributed by atoms with Gasteiger partial charge in [0.1, 0.15) is 5.15 Å². The summed E-state index contributed by atoms with van der Waals surface area (Å²) in [5.41, 5.74) is 2.59. The molecule has 128 valence electrons. The van der Waals surface area contributed by atoms with Crippen molar-refractivity contribution < 1.29 is 4.74 Å². The molecular weight excluding hydrogens is 342 g/mol. The standard InChI is InChI=1S/C18H22ClN3OS/c1-11(2)14-3-4-17(16-6-20-18(19)5-15(14)16)22-7-12(8-22)21-24-13-9-23-10-13/h3-6,11-13,21H,7-10H2,1-2H3. The molecule has 0 atom stereocenters. The van der Waals surface area contributed by atoms with E-state index in [1.54, 1.807) is 0 Å². The van der Waals surface area contributed by atoms with Gasteiger partial charge in [-0.2, -0.15) is 0 Å². The van der Waals surface area contributed by atoms with E-state index in [1.165, 1.54) is 22.0 Å². The molecule has 4 rings (SSSR count). The van der Waals surface area contributed by atoms with Crippen molar-refractivity contribution in [3.05, 3.63) is 35.1 Å². The predicted octanol–water partition coefficient (Wildman–Crippen LogP) is 3.84. The van der Waals surface area contributed by atoms with Gasteiger partial charge in [0.05, 0.1) is 24.5 Å². The van der Waals surface area contributed by atoms with Crippen molar-refractivity contribution in [1.82, 2.24) is 9.71 Å². The number of hydrogen-bond donors (Lipinski definition) is 1. The van der Waals surface area contributed by atoms with E-state index in [-0.39, 0.29) is 0 Å². The second kappa shape index (κ2) is 6.71. The quantitative estimate of drug-likeness (QED) is 0.645. The zero-order valence-electron chi connectivity index (χ0n) is 14.0.